The Kier molecular flexibility index (Phi) is 14.0. The molecule has 0 bridgehead atoms. The summed E-state index contributed by atoms with van der Waals surface area (Å²) in [6.45, 7) is 5.93. The number of carbonyl (C=O) groups excluding carboxylic acids is 4. The molecule has 0 aromatic heterocycles. The van der Waals surface area contributed by atoms with E-state index in [2.05, 4.69) is 0 Å². The first kappa shape index (κ1) is 45.9. The van der Waals surface area contributed by atoms with Crippen molar-refractivity contribution in [2.75, 3.05) is 39.3 Å². The zero-order chi connectivity index (χ0) is 43.7. The third kappa shape index (κ3) is 8.41. The molecule has 7 rings (SSSR count). The van der Waals surface area contributed by atoms with Crippen molar-refractivity contribution in [3.63, 3.8) is 0 Å². The summed E-state index contributed by atoms with van der Waals surface area (Å²) in [6.07, 6.45) is 1.96. The van der Waals surface area contributed by atoms with Crippen LogP contribution >= 0.6 is 23.5 Å². The van der Waals surface area contributed by atoms with Crippen molar-refractivity contribution in [3.8, 4) is 0 Å². The summed E-state index contributed by atoms with van der Waals surface area (Å²) in [5.74, 6) is -2.43. The van der Waals surface area contributed by atoms with Gasteiger partial charge < -0.3 is 29.2 Å². The highest BCUT2D eigenvalue weighted by Crippen LogP contribution is 2.72. The van der Waals surface area contributed by atoms with Crippen molar-refractivity contribution in [2.24, 2.45) is 22.7 Å². The largest absolute Gasteiger partial charge is 0.390 e. The van der Waals surface area contributed by atoms with Gasteiger partial charge >= 0.3 is 0 Å². The van der Waals surface area contributed by atoms with Gasteiger partial charge in [-0.25, -0.2) is 8.78 Å². The van der Waals surface area contributed by atoms with E-state index >= 15 is 8.78 Å². The number of fused-ring (bicyclic) bond motifs is 7. The summed E-state index contributed by atoms with van der Waals surface area (Å²) >= 11 is 3.06. The molecule has 2 N–H and O–H groups in total. The van der Waals surface area contributed by atoms with Crippen molar-refractivity contribution in [1.29, 1.82) is 0 Å². The summed E-state index contributed by atoms with van der Waals surface area (Å²) in [6, 6.07) is 15.2. The fraction of sp³-hybridized carbons (Fsp3) is 0.574. The molecule has 4 fully saturated rings. The number of Topliss-reactive ketones (excluding diaryl/α,β-unsaturated/α-hetero) is 3. The van der Waals surface area contributed by atoms with Gasteiger partial charge in [0.05, 0.1) is 37.3 Å². The Morgan fingerprint density at radius 1 is 0.984 bits per heavy atom. The lowest BCUT2D eigenvalue weighted by atomic mass is 9.44. The number of alkyl halides is 2. The zero-order valence-corrected chi connectivity index (χ0v) is 36.7. The highest BCUT2D eigenvalue weighted by atomic mass is 32.2. The second-order valence-electron chi connectivity index (χ2n) is 17.4. The van der Waals surface area contributed by atoms with E-state index < -0.39 is 76.8 Å². The standard InChI is InChI=1S/C47H56F2O10S2/c1-28(60-4)39(53)9-6-17-56-19-20-57-18-15-32(52)21-29-7-5-8-34(22-29)61-33-12-10-30(11-13-33)43-58-42-25-35-36-24-38(48)37-23-31(51)14-16-44(37,2)46(36,49)40(54)26-45(35,3)47(42,59-43)41(55)27-50/h5,7-8,10-14,16,22-23,28,35-36,38,40,42-43,50,54H,6,9,15,17-21,24-27H2,1-4H3/t28?,35-,36-,38-,40-,42+,43+,44-,45-,46-,47+/m0/s1. The van der Waals surface area contributed by atoms with Gasteiger partial charge in [0, 0.05) is 58.0 Å². The Labute approximate surface area is 364 Å². The number of carbonyl (C=O) groups is 4. The topological polar surface area (TPSA) is 146 Å². The van der Waals surface area contributed by atoms with E-state index in [0.717, 1.165) is 21.4 Å². The van der Waals surface area contributed by atoms with Gasteiger partial charge in [0.25, 0.3) is 0 Å². The molecule has 3 saturated carbocycles. The van der Waals surface area contributed by atoms with E-state index in [1.54, 1.807) is 18.7 Å². The molecule has 330 valence electrons. The van der Waals surface area contributed by atoms with Crippen molar-refractivity contribution >= 4 is 46.7 Å². The fourth-order valence-corrected chi connectivity index (χ4v) is 12.1. The molecule has 1 saturated heterocycles. The molecule has 1 aliphatic heterocycles. The Morgan fingerprint density at radius 3 is 2.44 bits per heavy atom. The summed E-state index contributed by atoms with van der Waals surface area (Å²) < 4.78 is 57.9. The predicted octanol–water partition coefficient (Wildman–Crippen LogP) is 7.12. The van der Waals surface area contributed by atoms with E-state index in [-0.39, 0.29) is 54.5 Å². The lowest BCUT2D eigenvalue weighted by Crippen LogP contribution is -2.70. The first-order valence-corrected chi connectivity index (χ1v) is 23.2. The van der Waals surface area contributed by atoms with Crippen molar-refractivity contribution in [2.45, 2.75) is 117 Å². The average Bonchev–Trinajstić information content (AvgIpc) is 3.74. The number of aliphatic hydroxyl groups is 2. The number of hydrogen-bond acceptors (Lipinski definition) is 12. The van der Waals surface area contributed by atoms with Gasteiger partial charge in [0.15, 0.2) is 29.1 Å². The molecule has 10 nitrogen and oxygen atoms in total. The zero-order valence-electron chi connectivity index (χ0n) is 35.1. The molecular weight excluding hydrogens is 827 g/mol. The van der Waals surface area contributed by atoms with E-state index in [1.807, 2.05) is 61.7 Å². The van der Waals surface area contributed by atoms with Crippen LogP contribution in [-0.2, 0) is 44.5 Å². The van der Waals surface area contributed by atoms with Crippen molar-refractivity contribution in [3.05, 3.63) is 83.5 Å². The molecule has 4 aliphatic carbocycles. The first-order chi connectivity index (χ1) is 29.1. The molecule has 2 aromatic carbocycles. The summed E-state index contributed by atoms with van der Waals surface area (Å²) in [5.41, 5.74) is -5.29. The average molecular weight is 883 g/mol. The number of thioether (sulfide) groups is 1. The fourth-order valence-electron chi connectivity index (χ4n) is 10.8. The summed E-state index contributed by atoms with van der Waals surface area (Å²) in [4.78, 5) is 52.6. The molecule has 0 spiro atoms. The Balaban J connectivity index is 0.939. The Hall–Kier alpha value is -3.08. The van der Waals surface area contributed by atoms with E-state index in [4.69, 9.17) is 18.9 Å². The van der Waals surface area contributed by atoms with Gasteiger partial charge in [-0.1, -0.05) is 49.0 Å². The van der Waals surface area contributed by atoms with Gasteiger partial charge in [0.1, 0.15) is 24.3 Å². The number of ketones is 4. The first-order valence-electron chi connectivity index (χ1n) is 21.1. The predicted molar refractivity (Wildman–Crippen MR) is 227 cm³/mol. The monoisotopic (exact) mass is 882 g/mol. The lowest BCUT2D eigenvalue weighted by Gasteiger charge is -2.63. The minimum Gasteiger partial charge on any atom is -0.390 e. The third-order valence-corrected chi connectivity index (χ3v) is 16.0. The van der Waals surface area contributed by atoms with Crippen LogP contribution in [0.5, 0.6) is 0 Å². The van der Waals surface area contributed by atoms with E-state index in [0.29, 0.717) is 44.8 Å². The second kappa shape index (κ2) is 18.6. The molecule has 0 radical (unpaired) electrons. The van der Waals surface area contributed by atoms with Crippen LogP contribution in [0.1, 0.15) is 76.7 Å². The Morgan fingerprint density at radius 2 is 1.72 bits per heavy atom. The molecule has 11 atom stereocenters. The molecular formula is C47H56F2O10S2. The molecule has 1 heterocycles. The highest BCUT2D eigenvalue weighted by Gasteiger charge is 2.80. The van der Waals surface area contributed by atoms with Gasteiger partial charge in [-0.2, -0.15) is 11.8 Å². The maximum atomic E-state index is 17.7. The SMILES string of the molecule is CSC(C)C(=O)CCCOCCOCCC(=O)Cc1cccc(Sc2ccc([C@@H]3O[C@@H]4C[C@H]5[C@@H]6C[C@H](F)C7=CC(=O)C=C[C@]7(C)[C@@]6(F)[C@@H](O)C[C@]5(C)[C@]4(C(=O)CO)O3)cc2)c1. The van der Waals surface area contributed by atoms with Crippen molar-refractivity contribution < 1.29 is 57.1 Å². The van der Waals surface area contributed by atoms with Crippen LogP contribution in [0.2, 0.25) is 0 Å². The van der Waals surface area contributed by atoms with Gasteiger partial charge in [-0.15, -0.1) is 0 Å². The van der Waals surface area contributed by atoms with Gasteiger partial charge in [0.2, 0.25) is 0 Å². The molecule has 0 amide bonds. The van der Waals surface area contributed by atoms with Crippen molar-refractivity contribution in [1.82, 2.24) is 0 Å². The van der Waals surface area contributed by atoms with E-state index in [1.165, 1.54) is 30.8 Å². The van der Waals surface area contributed by atoms with Gasteiger partial charge in [-0.05, 0) is 99.3 Å². The summed E-state index contributed by atoms with van der Waals surface area (Å²) in [7, 11) is 0. The van der Waals surface area contributed by atoms with Crippen LogP contribution in [0.3, 0.4) is 0 Å². The number of allylic oxidation sites excluding steroid dienone is 4. The number of aliphatic hydroxyl groups excluding tert-OH is 2. The van der Waals surface area contributed by atoms with Crippen LogP contribution in [0.25, 0.3) is 0 Å². The lowest BCUT2D eigenvalue weighted by molar-refractivity contribution is -0.235. The minimum atomic E-state index is -2.32. The molecule has 2 aromatic rings. The molecule has 5 aliphatic rings. The quantitative estimate of drug-likeness (QED) is 0.139. The minimum absolute atomic E-state index is 0.00679. The number of ether oxygens (including phenoxy) is 4. The second-order valence-corrected chi connectivity index (χ2v) is 19.8. The van der Waals surface area contributed by atoms with Crippen LogP contribution in [0, 0.1) is 22.7 Å². The smallest absolute Gasteiger partial charge is 0.193 e. The van der Waals surface area contributed by atoms with Crippen LogP contribution in [0.15, 0.2) is 82.1 Å². The maximum Gasteiger partial charge on any atom is 0.193 e. The molecule has 1 unspecified atom stereocenters. The van der Waals surface area contributed by atoms with Crippen LogP contribution in [0.4, 0.5) is 8.78 Å². The van der Waals surface area contributed by atoms with Crippen LogP contribution in [-0.4, -0.2) is 108 Å². The number of halogens is 2. The number of rotatable bonds is 19. The third-order valence-electron chi connectivity index (χ3n) is 14.0. The number of hydrogen-bond donors (Lipinski definition) is 2. The van der Waals surface area contributed by atoms with Gasteiger partial charge in [-0.3, -0.25) is 19.2 Å². The number of benzene rings is 2. The maximum absolute atomic E-state index is 17.7. The molecule has 61 heavy (non-hydrogen) atoms. The summed E-state index contributed by atoms with van der Waals surface area (Å²) in [5, 5.41) is 22.1. The van der Waals surface area contributed by atoms with Crippen LogP contribution < -0.4 is 0 Å². The molecule has 14 heteroatoms. The normalized spacial score (nSPS) is 34.2. The Bertz CT molecular complexity index is 2040. The highest BCUT2D eigenvalue weighted by molar-refractivity contribution is 8.00. The van der Waals surface area contributed by atoms with E-state index in [9.17, 15) is 29.4 Å².